The van der Waals surface area contributed by atoms with E-state index in [0.717, 1.165) is 18.9 Å². The van der Waals surface area contributed by atoms with Crippen molar-refractivity contribution in [3.63, 3.8) is 0 Å². The first-order valence-electron chi connectivity index (χ1n) is 7.58. The highest BCUT2D eigenvalue weighted by molar-refractivity contribution is 5.98. The van der Waals surface area contributed by atoms with Gasteiger partial charge >= 0.3 is 5.97 Å². The summed E-state index contributed by atoms with van der Waals surface area (Å²) in [5.41, 5.74) is -0.0568. The van der Waals surface area contributed by atoms with E-state index in [1.165, 1.54) is 25.1 Å². The maximum absolute atomic E-state index is 11.9. The number of carbonyl (C=O) groups is 3. The standard InChI is InChI=1S/C16H20N2O6/c1-12(19)17-9-4-2-3-8-16(21)24-11-15(20)13-6-5-7-14(10-13)18(22)23/h5-7,10H,2-4,8-9,11H2,1H3,(H,17,19). The second-order valence-electron chi connectivity index (χ2n) is 5.18. The molecule has 130 valence electrons. The molecule has 1 amide bonds. The van der Waals surface area contributed by atoms with Gasteiger partial charge in [-0.25, -0.2) is 0 Å². The van der Waals surface area contributed by atoms with E-state index in [0.29, 0.717) is 13.0 Å². The number of unbranched alkanes of at least 4 members (excludes halogenated alkanes) is 2. The minimum Gasteiger partial charge on any atom is -0.457 e. The summed E-state index contributed by atoms with van der Waals surface area (Å²) in [5.74, 6) is -1.07. The van der Waals surface area contributed by atoms with Gasteiger partial charge in [-0.05, 0) is 12.8 Å². The molecule has 0 fully saturated rings. The lowest BCUT2D eigenvalue weighted by Crippen LogP contribution is -2.20. The van der Waals surface area contributed by atoms with Crippen LogP contribution in [0.1, 0.15) is 43.0 Å². The molecule has 0 unspecified atom stereocenters. The first-order valence-corrected chi connectivity index (χ1v) is 7.58. The summed E-state index contributed by atoms with van der Waals surface area (Å²) in [7, 11) is 0. The molecule has 0 aliphatic heterocycles. The first-order chi connectivity index (χ1) is 11.4. The largest absolute Gasteiger partial charge is 0.457 e. The lowest BCUT2D eigenvalue weighted by atomic mass is 10.1. The number of hydrogen-bond donors (Lipinski definition) is 1. The van der Waals surface area contributed by atoms with Gasteiger partial charge in [0.25, 0.3) is 5.69 Å². The molecule has 0 radical (unpaired) electrons. The number of non-ortho nitro benzene ring substituents is 1. The van der Waals surface area contributed by atoms with Crippen molar-refractivity contribution in [1.29, 1.82) is 0 Å². The number of esters is 1. The quantitative estimate of drug-likeness (QED) is 0.230. The number of ether oxygens (including phenoxy) is 1. The maximum Gasteiger partial charge on any atom is 0.306 e. The van der Waals surface area contributed by atoms with Crippen molar-refractivity contribution in [3.05, 3.63) is 39.9 Å². The van der Waals surface area contributed by atoms with E-state index in [-0.39, 0.29) is 23.6 Å². The van der Waals surface area contributed by atoms with Crippen molar-refractivity contribution >= 4 is 23.3 Å². The van der Waals surface area contributed by atoms with Crippen molar-refractivity contribution in [2.45, 2.75) is 32.6 Å². The Morgan fingerprint density at radius 2 is 1.96 bits per heavy atom. The number of nitro benzene ring substituents is 1. The molecule has 0 aliphatic rings. The highest BCUT2D eigenvalue weighted by Gasteiger charge is 2.13. The second-order valence-corrected chi connectivity index (χ2v) is 5.18. The smallest absolute Gasteiger partial charge is 0.306 e. The Labute approximate surface area is 139 Å². The molecule has 1 aromatic rings. The van der Waals surface area contributed by atoms with Crippen molar-refractivity contribution in [1.82, 2.24) is 5.32 Å². The summed E-state index contributed by atoms with van der Waals surface area (Å²) in [5, 5.41) is 13.3. The molecular weight excluding hydrogens is 316 g/mol. The Balaban J connectivity index is 2.26. The average molecular weight is 336 g/mol. The molecule has 0 spiro atoms. The molecule has 0 aromatic heterocycles. The maximum atomic E-state index is 11.9. The highest BCUT2D eigenvalue weighted by atomic mass is 16.6. The predicted molar refractivity (Wildman–Crippen MR) is 85.5 cm³/mol. The molecule has 0 heterocycles. The fraction of sp³-hybridized carbons (Fsp3) is 0.438. The van der Waals surface area contributed by atoms with Gasteiger partial charge in [-0.2, -0.15) is 0 Å². The van der Waals surface area contributed by atoms with Gasteiger partial charge in [-0.3, -0.25) is 24.5 Å². The van der Waals surface area contributed by atoms with E-state index in [4.69, 9.17) is 4.74 Å². The zero-order valence-electron chi connectivity index (χ0n) is 13.4. The monoisotopic (exact) mass is 336 g/mol. The zero-order chi connectivity index (χ0) is 17.9. The lowest BCUT2D eigenvalue weighted by Gasteiger charge is -2.05. The Morgan fingerprint density at radius 1 is 1.21 bits per heavy atom. The molecule has 0 saturated heterocycles. The van der Waals surface area contributed by atoms with Crippen LogP contribution in [-0.4, -0.2) is 35.7 Å². The van der Waals surface area contributed by atoms with E-state index in [1.807, 2.05) is 0 Å². The molecule has 8 heteroatoms. The number of benzene rings is 1. The molecule has 1 N–H and O–H groups in total. The number of rotatable bonds is 10. The van der Waals surface area contributed by atoms with Gasteiger partial charge in [0.05, 0.1) is 4.92 Å². The van der Waals surface area contributed by atoms with Gasteiger partial charge in [0.2, 0.25) is 11.7 Å². The van der Waals surface area contributed by atoms with Gasteiger partial charge in [-0.15, -0.1) is 0 Å². The number of nitrogens with zero attached hydrogens (tertiary/aromatic N) is 1. The second kappa shape index (κ2) is 10.1. The molecule has 0 saturated carbocycles. The molecule has 0 bridgehead atoms. The molecule has 0 atom stereocenters. The highest BCUT2D eigenvalue weighted by Crippen LogP contribution is 2.13. The van der Waals surface area contributed by atoms with Crippen molar-refractivity contribution in [2.24, 2.45) is 0 Å². The minimum absolute atomic E-state index is 0.0888. The van der Waals surface area contributed by atoms with Crippen LogP contribution in [0, 0.1) is 10.1 Å². The van der Waals surface area contributed by atoms with Crippen LogP contribution in [0.2, 0.25) is 0 Å². The number of carbonyl (C=O) groups excluding carboxylic acids is 3. The van der Waals surface area contributed by atoms with Crippen LogP contribution in [0.5, 0.6) is 0 Å². The molecule has 0 aliphatic carbocycles. The van der Waals surface area contributed by atoms with Crippen LogP contribution in [-0.2, 0) is 14.3 Å². The van der Waals surface area contributed by atoms with Crippen LogP contribution in [0.25, 0.3) is 0 Å². The number of nitro groups is 1. The van der Waals surface area contributed by atoms with Crippen molar-refractivity contribution in [3.8, 4) is 0 Å². The fourth-order valence-electron chi connectivity index (χ4n) is 1.93. The van der Waals surface area contributed by atoms with Crippen LogP contribution >= 0.6 is 0 Å². The third kappa shape index (κ3) is 7.48. The third-order valence-electron chi connectivity index (χ3n) is 3.17. The van der Waals surface area contributed by atoms with Crippen LogP contribution in [0.15, 0.2) is 24.3 Å². The molecule has 8 nitrogen and oxygen atoms in total. The lowest BCUT2D eigenvalue weighted by molar-refractivity contribution is -0.384. The van der Waals surface area contributed by atoms with E-state index in [2.05, 4.69) is 5.32 Å². The van der Waals surface area contributed by atoms with E-state index >= 15 is 0 Å². The summed E-state index contributed by atoms with van der Waals surface area (Å²) >= 11 is 0. The van der Waals surface area contributed by atoms with Crippen LogP contribution < -0.4 is 5.32 Å². The normalized spacial score (nSPS) is 10.0. The Hall–Kier alpha value is -2.77. The zero-order valence-corrected chi connectivity index (χ0v) is 13.4. The van der Waals surface area contributed by atoms with E-state index < -0.39 is 23.3 Å². The summed E-state index contributed by atoms with van der Waals surface area (Å²) < 4.78 is 4.88. The summed E-state index contributed by atoms with van der Waals surface area (Å²) in [6, 6.07) is 5.27. The van der Waals surface area contributed by atoms with Crippen molar-refractivity contribution < 1.29 is 24.0 Å². The number of nitrogens with one attached hydrogen (secondary N) is 1. The van der Waals surface area contributed by atoms with Gasteiger partial charge in [0.1, 0.15) is 0 Å². The summed E-state index contributed by atoms with van der Waals surface area (Å²) in [6.07, 6.45) is 2.30. The fourth-order valence-corrected chi connectivity index (χ4v) is 1.93. The van der Waals surface area contributed by atoms with Crippen LogP contribution in [0.4, 0.5) is 5.69 Å². The molecule has 24 heavy (non-hydrogen) atoms. The molecular formula is C16H20N2O6. The van der Waals surface area contributed by atoms with Crippen LogP contribution in [0.3, 0.4) is 0 Å². The van der Waals surface area contributed by atoms with Gasteiger partial charge in [-0.1, -0.05) is 18.6 Å². The van der Waals surface area contributed by atoms with Crippen molar-refractivity contribution in [2.75, 3.05) is 13.2 Å². The summed E-state index contributed by atoms with van der Waals surface area (Å²) in [4.78, 5) is 44.1. The summed E-state index contributed by atoms with van der Waals surface area (Å²) in [6.45, 7) is 1.57. The minimum atomic E-state index is -0.593. The van der Waals surface area contributed by atoms with E-state index in [9.17, 15) is 24.5 Å². The molecule has 1 rings (SSSR count). The SMILES string of the molecule is CC(=O)NCCCCCC(=O)OCC(=O)c1cccc([N+](=O)[O-])c1. The molecule has 1 aromatic carbocycles. The first kappa shape index (κ1) is 19.3. The topological polar surface area (TPSA) is 116 Å². The Bertz CT molecular complexity index is 614. The van der Waals surface area contributed by atoms with Gasteiger partial charge in [0.15, 0.2) is 6.61 Å². The predicted octanol–water partition coefficient (Wildman–Crippen LogP) is 2.02. The number of ketones is 1. The Kier molecular flexibility index (Phi) is 8.10. The number of amides is 1. The van der Waals surface area contributed by atoms with Gasteiger partial charge in [0, 0.05) is 37.6 Å². The third-order valence-corrected chi connectivity index (χ3v) is 3.17. The number of Topliss-reactive ketones (excluding diaryl/α,β-unsaturated/α-hetero) is 1. The van der Waals surface area contributed by atoms with Gasteiger partial charge < -0.3 is 10.1 Å². The van der Waals surface area contributed by atoms with E-state index in [1.54, 1.807) is 0 Å². The average Bonchev–Trinajstić information content (AvgIpc) is 2.55. The Morgan fingerprint density at radius 3 is 2.62 bits per heavy atom. The number of hydrogen-bond acceptors (Lipinski definition) is 6.